The van der Waals surface area contributed by atoms with E-state index in [1.165, 1.54) is 16.4 Å². The van der Waals surface area contributed by atoms with E-state index >= 15 is 0 Å². The van der Waals surface area contributed by atoms with Crippen LogP contribution in [-0.4, -0.2) is 26.1 Å². The zero-order valence-corrected chi connectivity index (χ0v) is 9.79. The Hall–Kier alpha value is -1.08. The lowest BCUT2D eigenvalue weighted by atomic mass is 10.3. The molecule has 2 unspecified atom stereocenters. The van der Waals surface area contributed by atoms with Crippen molar-refractivity contribution in [2.75, 3.05) is 0 Å². The van der Waals surface area contributed by atoms with Gasteiger partial charge in [-0.15, -0.1) is 0 Å². The minimum absolute atomic E-state index is 0.147. The SMILES string of the molecule is Cn1[nH]c(=O)c(=O)nc1SC1CCCC1N. The second-order valence-corrected chi connectivity index (χ2v) is 5.16. The van der Waals surface area contributed by atoms with Crippen LogP contribution in [0.2, 0.25) is 0 Å². The summed E-state index contributed by atoms with van der Waals surface area (Å²) >= 11 is 1.47. The highest BCUT2D eigenvalue weighted by molar-refractivity contribution is 7.99. The minimum atomic E-state index is -0.743. The number of H-pyrrole nitrogens is 1. The predicted molar refractivity (Wildman–Crippen MR) is 61.6 cm³/mol. The van der Waals surface area contributed by atoms with Crippen molar-refractivity contribution in [1.82, 2.24) is 14.8 Å². The maximum Gasteiger partial charge on any atom is 0.339 e. The Balaban J connectivity index is 2.24. The highest BCUT2D eigenvalue weighted by atomic mass is 32.2. The average Bonchev–Trinajstić information content (AvgIpc) is 2.61. The Bertz CT molecular complexity index is 495. The quantitative estimate of drug-likeness (QED) is 0.678. The Morgan fingerprint density at radius 2 is 2.25 bits per heavy atom. The Kier molecular flexibility index (Phi) is 3.15. The van der Waals surface area contributed by atoms with Crippen LogP contribution in [-0.2, 0) is 7.05 Å². The van der Waals surface area contributed by atoms with Gasteiger partial charge in [0, 0.05) is 18.3 Å². The lowest BCUT2D eigenvalue weighted by Gasteiger charge is -2.15. The molecule has 3 N–H and O–H groups in total. The van der Waals surface area contributed by atoms with Crippen molar-refractivity contribution < 1.29 is 0 Å². The van der Waals surface area contributed by atoms with Gasteiger partial charge in [0.25, 0.3) is 0 Å². The second-order valence-electron chi connectivity index (χ2n) is 3.95. The molecule has 7 heteroatoms. The molecule has 2 atom stereocenters. The first kappa shape index (κ1) is 11.4. The van der Waals surface area contributed by atoms with Gasteiger partial charge in [0.05, 0.1) is 0 Å². The summed E-state index contributed by atoms with van der Waals surface area (Å²) in [5, 5.41) is 3.22. The van der Waals surface area contributed by atoms with E-state index in [0.717, 1.165) is 19.3 Å². The smallest absolute Gasteiger partial charge is 0.327 e. The van der Waals surface area contributed by atoms with Gasteiger partial charge in [-0.1, -0.05) is 18.2 Å². The maximum absolute atomic E-state index is 11.1. The van der Waals surface area contributed by atoms with Crippen LogP contribution in [0.1, 0.15) is 19.3 Å². The van der Waals surface area contributed by atoms with E-state index in [1.807, 2.05) is 0 Å². The van der Waals surface area contributed by atoms with Crippen molar-refractivity contribution in [3.05, 3.63) is 20.7 Å². The van der Waals surface area contributed by atoms with Crippen LogP contribution in [0.15, 0.2) is 14.7 Å². The number of nitrogens with two attached hydrogens (primary N) is 1. The molecule has 1 heterocycles. The molecule has 0 saturated heterocycles. The third-order valence-corrected chi connectivity index (χ3v) is 4.17. The van der Waals surface area contributed by atoms with Crippen molar-refractivity contribution in [2.45, 2.75) is 35.7 Å². The number of thioether (sulfide) groups is 1. The average molecular weight is 242 g/mol. The Morgan fingerprint density at radius 1 is 1.50 bits per heavy atom. The standard InChI is InChI=1S/C9H14N4O2S/c1-13-9(11-7(14)8(15)12-13)16-6-4-2-3-5(6)10/h5-6H,2-4,10H2,1H3,(H,12,15). The number of nitrogens with one attached hydrogen (secondary N) is 1. The number of hydrogen-bond donors (Lipinski definition) is 2. The summed E-state index contributed by atoms with van der Waals surface area (Å²) in [7, 11) is 1.66. The summed E-state index contributed by atoms with van der Waals surface area (Å²) < 4.78 is 1.47. The first-order valence-electron chi connectivity index (χ1n) is 5.17. The molecule has 1 fully saturated rings. The molecule has 0 aliphatic heterocycles. The summed E-state index contributed by atoms with van der Waals surface area (Å²) in [6, 6.07) is 0.147. The molecule has 1 aliphatic rings. The van der Waals surface area contributed by atoms with E-state index in [1.54, 1.807) is 7.05 Å². The fourth-order valence-electron chi connectivity index (χ4n) is 1.80. The van der Waals surface area contributed by atoms with Gasteiger partial charge in [0.1, 0.15) is 0 Å². The second kappa shape index (κ2) is 4.42. The van der Waals surface area contributed by atoms with Gasteiger partial charge >= 0.3 is 11.1 Å². The van der Waals surface area contributed by atoms with E-state index in [-0.39, 0.29) is 11.3 Å². The molecular weight excluding hydrogens is 228 g/mol. The van der Waals surface area contributed by atoms with Crippen LogP contribution in [0.4, 0.5) is 0 Å². The fourth-order valence-corrected chi connectivity index (χ4v) is 3.01. The van der Waals surface area contributed by atoms with Crippen LogP contribution in [0, 0.1) is 0 Å². The van der Waals surface area contributed by atoms with E-state index in [9.17, 15) is 9.59 Å². The fraction of sp³-hybridized carbons (Fsp3) is 0.667. The van der Waals surface area contributed by atoms with Gasteiger partial charge in [0.2, 0.25) is 0 Å². The third-order valence-electron chi connectivity index (χ3n) is 2.71. The van der Waals surface area contributed by atoms with Gasteiger partial charge in [-0.2, -0.15) is 4.98 Å². The number of nitrogens with zero attached hydrogens (tertiary/aromatic N) is 2. The summed E-state index contributed by atoms with van der Waals surface area (Å²) in [6.45, 7) is 0. The molecule has 1 aliphatic carbocycles. The third kappa shape index (κ3) is 2.19. The maximum atomic E-state index is 11.1. The number of aromatic nitrogens is 3. The van der Waals surface area contributed by atoms with Crippen molar-refractivity contribution in [2.24, 2.45) is 12.8 Å². The molecule has 1 aromatic rings. The van der Waals surface area contributed by atoms with Crippen LogP contribution in [0.3, 0.4) is 0 Å². The first-order chi connectivity index (χ1) is 7.58. The molecule has 0 radical (unpaired) electrons. The Morgan fingerprint density at radius 3 is 2.88 bits per heavy atom. The van der Waals surface area contributed by atoms with Gasteiger partial charge < -0.3 is 5.73 Å². The molecule has 88 valence electrons. The molecule has 0 spiro atoms. The summed E-state index contributed by atoms with van der Waals surface area (Å²) in [5.74, 6) is 0. The molecule has 1 aromatic heterocycles. The predicted octanol–water partition coefficient (Wildman–Crippen LogP) is -0.559. The van der Waals surface area contributed by atoms with Gasteiger partial charge in [-0.25, -0.2) is 0 Å². The van der Waals surface area contributed by atoms with Crippen molar-refractivity contribution in [3.63, 3.8) is 0 Å². The molecular formula is C9H14N4O2S. The zero-order valence-electron chi connectivity index (χ0n) is 8.97. The van der Waals surface area contributed by atoms with Gasteiger partial charge in [0.15, 0.2) is 5.16 Å². The number of aryl methyl sites for hydroxylation is 1. The number of rotatable bonds is 2. The molecule has 0 bridgehead atoms. The van der Waals surface area contributed by atoms with Crippen molar-refractivity contribution in [1.29, 1.82) is 0 Å². The topological polar surface area (TPSA) is 93.8 Å². The molecule has 2 rings (SSSR count). The van der Waals surface area contributed by atoms with Gasteiger partial charge in [-0.05, 0) is 12.8 Å². The van der Waals surface area contributed by atoms with Gasteiger partial charge in [-0.3, -0.25) is 19.4 Å². The van der Waals surface area contributed by atoms with Crippen molar-refractivity contribution >= 4 is 11.8 Å². The van der Waals surface area contributed by atoms with Crippen LogP contribution in [0.5, 0.6) is 0 Å². The number of aromatic amines is 1. The van der Waals surface area contributed by atoms with Crippen LogP contribution < -0.4 is 16.9 Å². The summed E-state index contributed by atoms with van der Waals surface area (Å²) in [6.07, 6.45) is 3.14. The minimum Gasteiger partial charge on any atom is -0.327 e. The normalized spacial score (nSPS) is 24.9. The molecule has 16 heavy (non-hydrogen) atoms. The summed E-state index contributed by atoms with van der Waals surface area (Å²) in [5.41, 5.74) is 4.50. The lowest BCUT2D eigenvalue weighted by molar-refractivity contribution is 0.592. The van der Waals surface area contributed by atoms with E-state index < -0.39 is 11.1 Å². The first-order valence-corrected chi connectivity index (χ1v) is 6.05. The zero-order chi connectivity index (χ0) is 11.7. The molecule has 1 saturated carbocycles. The molecule has 0 aromatic carbocycles. The highest BCUT2D eigenvalue weighted by Crippen LogP contribution is 2.32. The van der Waals surface area contributed by atoms with E-state index in [4.69, 9.17) is 5.73 Å². The van der Waals surface area contributed by atoms with Crippen molar-refractivity contribution in [3.8, 4) is 0 Å². The highest BCUT2D eigenvalue weighted by Gasteiger charge is 2.26. The summed E-state index contributed by atoms with van der Waals surface area (Å²) in [4.78, 5) is 25.9. The van der Waals surface area contributed by atoms with Crippen LogP contribution in [0.25, 0.3) is 0 Å². The van der Waals surface area contributed by atoms with Crippen LogP contribution >= 0.6 is 11.8 Å². The number of hydrogen-bond acceptors (Lipinski definition) is 5. The Labute approximate surface area is 96.2 Å². The lowest BCUT2D eigenvalue weighted by Crippen LogP contribution is -2.35. The molecule has 0 amide bonds. The van der Waals surface area contributed by atoms with E-state index in [0.29, 0.717) is 5.16 Å². The molecule has 6 nitrogen and oxygen atoms in total. The monoisotopic (exact) mass is 242 g/mol. The largest absolute Gasteiger partial charge is 0.339 e. The van der Waals surface area contributed by atoms with E-state index in [2.05, 4.69) is 10.1 Å².